The maximum absolute atomic E-state index is 12.0. The van der Waals surface area contributed by atoms with Gasteiger partial charge in [-0.1, -0.05) is 25.1 Å². The van der Waals surface area contributed by atoms with E-state index in [9.17, 15) is 9.59 Å². The highest BCUT2D eigenvalue weighted by molar-refractivity contribution is 5.91. The van der Waals surface area contributed by atoms with Gasteiger partial charge in [-0.25, -0.2) is 0 Å². The van der Waals surface area contributed by atoms with Crippen LogP contribution < -0.4 is 11.1 Å². The quantitative estimate of drug-likeness (QED) is 0.698. The standard InChI is InChI=1S/C15H23N3O3/c1-3-18(11-15(20)21-2)9-8-14(19)17-13-7-5-4-6-12(13)10-16/h4-7H,3,8-11,16H2,1-2H3,(H,17,19). The van der Waals surface area contributed by atoms with Crippen LogP contribution >= 0.6 is 0 Å². The van der Waals surface area contributed by atoms with E-state index in [0.29, 0.717) is 26.1 Å². The van der Waals surface area contributed by atoms with Gasteiger partial charge in [0.15, 0.2) is 0 Å². The van der Waals surface area contributed by atoms with Crippen molar-refractivity contribution in [1.82, 2.24) is 4.90 Å². The fourth-order valence-electron chi connectivity index (χ4n) is 1.89. The van der Waals surface area contributed by atoms with Crippen molar-refractivity contribution in [3.8, 4) is 0 Å². The Hall–Kier alpha value is -1.92. The van der Waals surface area contributed by atoms with Crippen LogP contribution in [0.4, 0.5) is 5.69 Å². The van der Waals surface area contributed by atoms with E-state index < -0.39 is 0 Å². The predicted octanol–water partition coefficient (Wildman–Crippen LogP) is 0.969. The number of carbonyl (C=O) groups excluding carboxylic acids is 2. The van der Waals surface area contributed by atoms with Crippen molar-refractivity contribution in [3.63, 3.8) is 0 Å². The van der Waals surface area contributed by atoms with Crippen molar-refractivity contribution in [2.75, 3.05) is 32.1 Å². The van der Waals surface area contributed by atoms with Crippen LogP contribution in [0.25, 0.3) is 0 Å². The van der Waals surface area contributed by atoms with Crippen molar-refractivity contribution in [2.45, 2.75) is 19.9 Å². The SMILES string of the molecule is CCN(CCC(=O)Nc1ccccc1CN)CC(=O)OC. The summed E-state index contributed by atoms with van der Waals surface area (Å²) in [4.78, 5) is 25.0. The van der Waals surface area contributed by atoms with Crippen LogP contribution in [-0.4, -0.2) is 43.5 Å². The molecule has 0 aliphatic rings. The number of nitrogens with one attached hydrogen (secondary N) is 1. The first-order chi connectivity index (χ1) is 10.1. The number of amides is 1. The molecule has 0 radical (unpaired) electrons. The molecule has 0 fully saturated rings. The molecular weight excluding hydrogens is 270 g/mol. The minimum atomic E-state index is -0.300. The van der Waals surface area contributed by atoms with Gasteiger partial charge in [0.2, 0.25) is 5.91 Å². The molecule has 6 nitrogen and oxygen atoms in total. The number of rotatable bonds is 8. The number of hydrogen-bond acceptors (Lipinski definition) is 5. The molecule has 0 spiro atoms. The van der Waals surface area contributed by atoms with Crippen molar-refractivity contribution in [2.24, 2.45) is 5.73 Å². The van der Waals surface area contributed by atoms with Crippen LogP contribution in [0.1, 0.15) is 18.9 Å². The van der Waals surface area contributed by atoms with E-state index in [0.717, 1.165) is 11.3 Å². The first-order valence-electron chi connectivity index (χ1n) is 6.97. The number of anilines is 1. The number of ether oxygens (including phenoxy) is 1. The lowest BCUT2D eigenvalue weighted by atomic mass is 10.1. The maximum Gasteiger partial charge on any atom is 0.319 e. The highest BCUT2D eigenvalue weighted by Crippen LogP contribution is 2.14. The van der Waals surface area contributed by atoms with Gasteiger partial charge < -0.3 is 15.8 Å². The summed E-state index contributed by atoms with van der Waals surface area (Å²) in [6.07, 6.45) is 0.309. The summed E-state index contributed by atoms with van der Waals surface area (Å²) < 4.78 is 4.62. The molecule has 0 aromatic heterocycles. The molecule has 116 valence electrons. The number of likely N-dealkylation sites (N-methyl/N-ethyl adjacent to an activating group) is 1. The van der Waals surface area contributed by atoms with Gasteiger partial charge in [-0.3, -0.25) is 14.5 Å². The van der Waals surface area contributed by atoms with E-state index in [1.165, 1.54) is 7.11 Å². The zero-order chi connectivity index (χ0) is 15.7. The summed E-state index contributed by atoms with van der Waals surface area (Å²) in [5.41, 5.74) is 7.26. The number of nitrogens with two attached hydrogens (primary N) is 1. The molecular formula is C15H23N3O3. The van der Waals surface area contributed by atoms with E-state index in [1.807, 2.05) is 36.1 Å². The predicted molar refractivity (Wildman–Crippen MR) is 81.7 cm³/mol. The van der Waals surface area contributed by atoms with Crippen LogP contribution in [0.3, 0.4) is 0 Å². The second-order valence-corrected chi connectivity index (χ2v) is 4.60. The Labute approximate surface area is 125 Å². The molecule has 0 unspecified atom stereocenters. The van der Waals surface area contributed by atoms with Gasteiger partial charge in [-0.2, -0.15) is 0 Å². The Morgan fingerprint density at radius 2 is 2.05 bits per heavy atom. The number of para-hydroxylation sites is 1. The fraction of sp³-hybridized carbons (Fsp3) is 0.467. The van der Waals surface area contributed by atoms with Crippen LogP contribution in [0.2, 0.25) is 0 Å². The molecule has 1 rings (SSSR count). The lowest BCUT2D eigenvalue weighted by Gasteiger charge is -2.18. The highest BCUT2D eigenvalue weighted by Gasteiger charge is 2.12. The fourth-order valence-corrected chi connectivity index (χ4v) is 1.89. The van der Waals surface area contributed by atoms with Crippen LogP contribution in [-0.2, 0) is 20.9 Å². The molecule has 0 saturated heterocycles. The average molecular weight is 293 g/mol. The summed E-state index contributed by atoms with van der Waals surface area (Å²) in [6.45, 7) is 3.69. The number of esters is 1. The molecule has 21 heavy (non-hydrogen) atoms. The largest absolute Gasteiger partial charge is 0.468 e. The third kappa shape index (κ3) is 5.93. The van der Waals surface area contributed by atoms with Gasteiger partial charge >= 0.3 is 5.97 Å². The van der Waals surface area contributed by atoms with Gasteiger partial charge in [0.25, 0.3) is 0 Å². The summed E-state index contributed by atoms with van der Waals surface area (Å²) in [5, 5.41) is 2.85. The van der Waals surface area contributed by atoms with Gasteiger partial charge in [-0.05, 0) is 18.2 Å². The topological polar surface area (TPSA) is 84.7 Å². The number of benzene rings is 1. The van der Waals surface area contributed by atoms with Gasteiger partial charge in [0.1, 0.15) is 0 Å². The third-order valence-electron chi connectivity index (χ3n) is 3.19. The number of hydrogen-bond donors (Lipinski definition) is 2. The number of nitrogens with zero attached hydrogens (tertiary/aromatic N) is 1. The molecule has 1 aromatic rings. The van der Waals surface area contributed by atoms with E-state index in [4.69, 9.17) is 5.73 Å². The summed E-state index contributed by atoms with van der Waals surface area (Å²) in [5.74, 6) is -0.398. The van der Waals surface area contributed by atoms with Crippen LogP contribution in [0.5, 0.6) is 0 Å². The molecule has 1 amide bonds. The van der Waals surface area contributed by atoms with E-state index in [-0.39, 0.29) is 18.4 Å². The monoisotopic (exact) mass is 293 g/mol. The molecule has 0 aliphatic heterocycles. The molecule has 0 aliphatic carbocycles. The average Bonchev–Trinajstić information content (AvgIpc) is 2.51. The zero-order valence-electron chi connectivity index (χ0n) is 12.6. The summed E-state index contributed by atoms with van der Waals surface area (Å²) in [7, 11) is 1.35. The Bertz CT molecular complexity index is 477. The van der Waals surface area contributed by atoms with Crippen molar-refractivity contribution < 1.29 is 14.3 Å². The molecule has 1 aromatic carbocycles. The molecule has 0 bridgehead atoms. The third-order valence-corrected chi connectivity index (χ3v) is 3.19. The van der Waals surface area contributed by atoms with Gasteiger partial charge in [0.05, 0.1) is 13.7 Å². The van der Waals surface area contributed by atoms with E-state index >= 15 is 0 Å². The van der Waals surface area contributed by atoms with E-state index in [2.05, 4.69) is 10.1 Å². The Morgan fingerprint density at radius 3 is 2.67 bits per heavy atom. The lowest BCUT2D eigenvalue weighted by molar-refractivity contribution is -0.142. The normalized spacial score (nSPS) is 10.5. The second-order valence-electron chi connectivity index (χ2n) is 4.60. The lowest BCUT2D eigenvalue weighted by Crippen LogP contribution is -2.33. The molecule has 6 heteroatoms. The molecule has 3 N–H and O–H groups in total. The first kappa shape index (κ1) is 17.1. The minimum Gasteiger partial charge on any atom is -0.468 e. The Balaban J connectivity index is 2.48. The Kier molecular flexibility index (Phi) is 7.42. The van der Waals surface area contributed by atoms with Gasteiger partial charge in [0, 0.05) is 25.2 Å². The molecule has 0 heterocycles. The van der Waals surface area contributed by atoms with Crippen LogP contribution in [0, 0.1) is 0 Å². The Morgan fingerprint density at radius 1 is 1.33 bits per heavy atom. The smallest absolute Gasteiger partial charge is 0.319 e. The second kappa shape index (κ2) is 9.10. The first-order valence-corrected chi connectivity index (χ1v) is 6.97. The van der Waals surface area contributed by atoms with Gasteiger partial charge in [-0.15, -0.1) is 0 Å². The highest BCUT2D eigenvalue weighted by atomic mass is 16.5. The van der Waals surface area contributed by atoms with Crippen LogP contribution in [0.15, 0.2) is 24.3 Å². The summed E-state index contributed by atoms with van der Waals surface area (Å²) in [6, 6.07) is 7.44. The molecule has 0 atom stereocenters. The molecule has 0 saturated carbocycles. The maximum atomic E-state index is 12.0. The zero-order valence-corrected chi connectivity index (χ0v) is 12.6. The minimum absolute atomic E-state index is 0.0979. The van der Waals surface area contributed by atoms with E-state index in [1.54, 1.807) is 0 Å². The number of methoxy groups -OCH3 is 1. The van der Waals surface area contributed by atoms with Crippen molar-refractivity contribution in [1.29, 1.82) is 0 Å². The van der Waals surface area contributed by atoms with Crippen molar-refractivity contribution >= 4 is 17.6 Å². The number of carbonyl (C=O) groups is 2. The summed E-state index contributed by atoms with van der Waals surface area (Å²) >= 11 is 0. The van der Waals surface area contributed by atoms with Crippen molar-refractivity contribution in [3.05, 3.63) is 29.8 Å².